The predicted molar refractivity (Wildman–Crippen MR) is 181 cm³/mol. The molecule has 8 heteroatoms. The Morgan fingerprint density at radius 2 is 1.16 bits per heavy atom. The van der Waals surface area contributed by atoms with E-state index in [2.05, 4.69) is 71.2 Å². The molecule has 0 spiro atoms. The van der Waals surface area contributed by atoms with Crippen molar-refractivity contribution in [3.63, 3.8) is 0 Å². The van der Waals surface area contributed by atoms with Crippen LogP contribution in [0.1, 0.15) is 110 Å². The molecular formula is C35H65N5O3. The number of nitrogens with one attached hydrogen (secondary N) is 4. The molecule has 1 aromatic rings. The molecule has 0 aliphatic rings. The van der Waals surface area contributed by atoms with Crippen molar-refractivity contribution in [2.45, 2.75) is 123 Å². The molecule has 0 aliphatic heterocycles. The van der Waals surface area contributed by atoms with Gasteiger partial charge in [-0.1, -0.05) is 84.3 Å². The van der Waals surface area contributed by atoms with Crippen LogP contribution in [0.4, 0.5) is 0 Å². The van der Waals surface area contributed by atoms with Gasteiger partial charge in [0, 0.05) is 19.6 Å². The first kappa shape index (κ1) is 38.9. The number of carbonyl (C=O) groups is 2. The third kappa shape index (κ3) is 19.0. The molecular weight excluding hydrogens is 538 g/mol. The molecule has 0 unspecified atom stereocenters. The molecule has 0 bridgehead atoms. The molecule has 0 fully saturated rings. The number of ether oxygens (including phenoxy) is 1. The standard InChI is InChI=1S/C35H65N5O3/c1-6-9-12-17-30-20-22-31(23-21-30)43-29-28-40(26-15-24-38-34(41)32(36-4)18-13-10-7-2)27-16-25-39-35(42)33(37-5)19-14-11-8-3/h20-23,32-33,36-37H,6-19,24-29H2,1-5H3,(H,38,41)(H,39,42)/t32-,33-/m0/s1. The first-order chi connectivity index (χ1) is 21.0. The minimum absolute atomic E-state index is 0.0902. The summed E-state index contributed by atoms with van der Waals surface area (Å²) in [6.07, 6.45) is 15.1. The maximum absolute atomic E-state index is 12.6. The Kier molecular flexibility index (Phi) is 23.7. The Morgan fingerprint density at radius 1 is 0.674 bits per heavy atom. The van der Waals surface area contributed by atoms with Crippen molar-refractivity contribution in [1.29, 1.82) is 0 Å². The molecule has 0 aromatic heterocycles. The monoisotopic (exact) mass is 604 g/mol. The SMILES string of the molecule is CCCCCc1ccc(OCCN(CCCNC(=O)[C@H](CCCCC)NC)CCCNC(=O)[C@H](CCCCC)NC)cc1. The maximum atomic E-state index is 12.6. The van der Waals surface area contributed by atoms with Crippen LogP contribution < -0.4 is 26.0 Å². The summed E-state index contributed by atoms with van der Waals surface area (Å²) in [7, 11) is 3.72. The number of likely N-dealkylation sites (N-methyl/N-ethyl adjacent to an activating group) is 2. The van der Waals surface area contributed by atoms with Crippen LogP contribution in [0.3, 0.4) is 0 Å². The second-order valence-corrected chi connectivity index (χ2v) is 11.8. The quantitative estimate of drug-likeness (QED) is 0.0952. The smallest absolute Gasteiger partial charge is 0.237 e. The summed E-state index contributed by atoms with van der Waals surface area (Å²) in [5, 5.41) is 12.6. The third-order valence-electron chi connectivity index (χ3n) is 8.09. The summed E-state index contributed by atoms with van der Waals surface area (Å²) < 4.78 is 6.09. The van der Waals surface area contributed by atoms with Gasteiger partial charge in [0.1, 0.15) is 12.4 Å². The average molecular weight is 604 g/mol. The number of amides is 2. The highest BCUT2D eigenvalue weighted by atomic mass is 16.5. The first-order valence-electron chi connectivity index (χ1n) is 17.3. The molecule has 1 aromatic carbocycles. The van der Waals surface area contributed by atoms with Crippen LogP contribution in [0.15, 0.2) is 24.3 Å². The largest absolute Gasteiger partial charge is 0.492 e. The van der Waals surface area contributed by atoms with Crippen LogP contribution in [0.25, 0.3) is 0 Å². The van der Waals surface area contributed by atoms with Gasteiger partial charge in [0.15, 0.2) is 0 Å². The van der Waals surface area contributed by atoms with Crippen LogP contribution >= 0.6 is 0 Å². The van der Waals surface area contributed by atoms with E-state index in [0.717, 1.165) is 96.0 Å². The number of hydrogen-bond donors (Lipinski definition) is 4. The Morgan fingerprint density at radius 3 is 1.63 bits per heavy atom. The number of rotatable bonds is 28. The summed E-state index contributed by atoms with van der Waals surface area (Å²) in [5.41, 5.74) is 1.36. The second kappa shape index (κ2) is 26.3. The summed E-state index contributed by atoms with van der Waals surface area (Å²) >= 11 is 0. The van der Waals surface area contributed by atoms with E-state index in [0.29, 0.717) is 19.7 Å². The first-order valence-corrected chi connectivity index (χ1v) is 17.3. The molecule has 0 saturated heterocycles. The molecule has 2 atom stereocenters. The zero-order valence-electron chi connectivity index (χ0n) is 28.3. The van der Waals surface area contributed by atoms with Gasteiger partial charge in [-0.2, -0.15) is 0 Å². The number of carbonyl (C=O) groups excluding carboxylic acids is 2. The fraction of sp³-hybridized carbons (Fsp3) is 0.771. The van der Waals surface area contributed by atoms with Crippen molar-refractivity contribution in [1.82, 2.24) is 26.2 Å². The minimum atomic E-state index is -0.124. The third-order valence-corrected chi connectivity index (χ3v) is 8.09. The second-order valence-electron chi connectivity index (χ2n) is 11.8. The highest BCUT2D eigenvalue weighted by Gasteiger charge is 2.16. The Hall–Kier alpha value is -2.16. The van der Waals surface area contributed by atoms with E-state index >= 15 is 0 Å². The number of unbranched alkanes of at least 4 members (excludes halogenated alkanes) is 6. The lowest BCUT2D eigenvalue weighted by atomic mass is 10.1. The van der Waals surface area contributed by atoms with Gasteiger partial charge in [-0.3, -0.25) is 14.5 Å². The number of hydrogen-bond acceptors (Lipinski definition) is 6. The number of aryl methyl sites for hydroxylation is 1. The van der Waals surface area contributed by atoms with Crippen LogP contribution in [0, 0.1) is 0 Å². The average Bonchev–Trinajstić information content (AvgIpc) is 3.02. The van der Waals surface area contributed by atoms with E-state index in [4.69, 9.17) is 4.74 Å². The van der Waals surface area contributed by atoms with Gasteiger partial charge in [0.05, 0.1) is 12.1 Å². The lowest BCUT2D eigenvalue weighted by molar-refractivity contribution is -0.124. The molecule has 248 valence electrons. The number of nitrogens with zero attached hydrogens (tertiary/aromatic N) is 1. The fourth-order valence-electron chi connectivity index (χ4n) is 5.24. The summed E-state index contributed by atoms with van der Waals surface area (Å²) in [5.74, 6) is 1.08. The van der Waals surface area contributed by atoms with Crippen molar-refractivity contribution in [2.24, 2.45) is 0 Å². The summed E-state index contributed by atoms with van der Waals surface area (Å²) in [6.45, 7) is 11.0. The maximum Gasteiger partial charge on any atom is 0.237 e. The topological polar surface area (TPSA) is 94.7 Å². The Bertz CT molecular complexity index is 782. The van der Waals surface area contributed by atoms with Crippen molar-refractivity contribution < 1.29 is 14.3 Å². The zero-order valence-corrected chi connectivity index (χ0v) is 28.3. The summed E-state index contributed by atoms with van der Waals surface area (Å²) in [4.78, 5) is 27.6. The normalized spacial score (nSPS) is 12.7. The molecule has 8 nitrogen and oxygen atoms in total. The van der Waals surface area contributed by atoms with Gasteiger partial charge in [-0.15, -0.1) is 0 Å². The van der Waals surface area contributed by atoms with E-state index in [1.165, 1.54) is 24.8 Å². The van der Waals surface area contributed by atoms with Gasteiger partial charge in [0.2, 0.25) is 11.8 Å². The van der Waals surface area contributed by atoms with Crippen LogP contribution in [0.2, 0.25) is 0 Å². The van der Waals surface area contributed by atoms with Gasteiger partial charge < -0.3 is 26.0 Å². The van der Waals surface area contributed by atoms with Crippen molar-refractivity contribution in [3.8, 4) is 5.75 Å². The van der Waals surface area contributed by atoms with Gasteiger partial charge >= 0.3 is 0 Å². The van der Waals surface area contributed by atoms with Crippen molar-refractivity contribution >= 4 is 11.8 Å². The van der Waals surface area contributed by atoms with E-state index in [1.807, 2.05) is 14.1 Å². The van der Waals surface area contributed by atoms with Crippen LogP contribution in [-0.4, -0.2) is 82.2 Å². The van der Waals surface area contributed by atoms with Crippen LogP contribution in [0.5, 0.6) is 5.75 Å². The molecule has 0 radical (unpaired) electrons. The highest BCUT2D eigenvalue weighted by Crippen LogP contribution is 2.14. The lowest BCUT2D eigenvalue weighted by Crippen LogP contribution is -2.44. The predicted octanol–water partition coefficient (Wildman–Crippen LogP) is 5.45. The molecule has 0 aliphatic carbocycles. The molecule has 43 heavy (non-hydrogen) atoms. The van der Waals surface area contributed by atoms with Gasteiger partial charge in [-0.25, -0.2) is 0 Å². The van der Waals surface area contributed by atoms with Crippen LogP contribution in [-0.2, 0) is 16.0 Å². The van der Waals surface area contributed by atoms with Gasteiger partial charge in [-0.05, 0) is 83.4 Å². The molecule has 1 rings (SSSR count). The highest BCUT2D eigenvalue weighted by molar-refractivity contribution is 5.82. The minimum Gasteiger partial charge on any atom is -0.492 e. The molecule has 4 N–H and O–H groups in total. The molecule has 0 heterocycles. The number of benzene rings is 1. The van der Waals surface area contributed by atoms with E-state index in [-0.39, 0.29) is 23.9 Å². The van der Waals surface area contributed by atoms with E-state index in [9.17, 15) is 9.59 Å². The summed E-state index contributed by atoms with van der Waals surface area (Å²) in [6, 6.07) is 8.26. The Labute approximate surface area is 263 Å². The molecule has 0 saturated carbocycles. The fourth-order valence-corrected chi connectivity index (χ4v) is 5.24. The zero-order chi connectivity index (χ0) is 31.5. The van der Waals surface area contributed by atoms with Crippen molar-refractivity contribution in [2.75, 3.05) is 53.4 Å². The van der Waals surface area contributed by atoms with Gasteiger partial charge in [0.25, 0.3) is 0 Å². The van der Waals surface area contributed by atoms with E-state index < -0.39 is 0 Å². The lowest BCUT2D eigenvalue weighted by Gasteiger charge is -2.23. The molecule has 2 amide bonds. The Balaban J connectivity index is 2.54. The van der Waals surface area contributed by atoms with E-state index in [1.54, 1.807) is 0 Å². The van der Waals surface area contributed by atoms with Crippen molar-refractivity contribution in [3.05, 3.63) is 29.8 Å².